The predicted molar refractivity (Wildman–Crippen MR) is 72.1 cm³/mol. The average molecular weight is 251 g/mol. The molecule has 4 nitrogen and oxygen atoms in total. The number of hydrogen-bond acceptors (Lipinski definition) is 4. The van der Waals surface area contributed by atoms with Gasteiger partial charge in [0, 0.05) is 18.3 Å². The van der Waals surface area contributed by atoms with E-state index in [9.17, 15) is 4.79 Å². The maximum absolute atomic E-state index is 11.6. The monoisotopic (exact) mass is 251 g/mol. The highest BCUT2D eigenvalue weighted by Crippen LogP contribution is 2.20. The Labute approximate surface area is 108 Å². The van der Waals surface area contributed by atoms with Gasteiger partial charge in [-0.05, 0) is 38.5 Å². The number of ether oxygens (including phenoxy) is 2. The van der Waals surface area contributed by atoms with Gasteiger partial charge in [0.25, 0.3) is 0 Å². The summed E-state index contributed by atoms with van der Waals surface area (Å²) in [6.07, 6.45) is 0. The lowest BCUT2D eigenvalue weighted by Crippen LogP contribution is -2.22. The second kappa shape index (κ2) is 7.01. The molecular weight excluding hydrogens is 230 g/mol. The molecule has 0 radical (unpaired) electrons. The zero-order chi connectivity index (χ0) is 13.5. The molecule has 0 saturated carbocycles. The molecule has 0 spiro atoms. The van der Waals surface area contributed by atoms with E-state index < -0.39 is 0 Å². The molecule has 0 bridgehead atoms. The molecule has 1 aromatic carbocycles. The summed E-state index contributed by atoms with van der Waals surface area (Å²) < 4.78 is 10.1. The number of rotatable bonds is 6. The minimum atomic E-state index is -0.311. The van der Waals surface area contributed by atoms with Crippen LogP contribution in [0.4, 0.5) is 5.69 Å². The van der Waals surface area contributed by atoms with Gasteiger partial charge in [0.2, 0.25) is 0 Å². The van der Waals surface area contributed by atoms with E-state index in [2.05, 4.69) is 5.32 Å². The molecule has 0 heterocycles. The Morgan fingerprint density at radius 2 is 2.17 bits per heavy atom. The van der Waals surface area contributed by atoms with Crippen molar-refractivity contribution >= 4 is 11.7 Å². The Balaban J connectivity index is 2.80. The minimum Gasteiger partial charge on any atom is -0.465 e. The molecule has 18 heavy (non-hydrogen) atoms. The molecule has 4 heteroatoms. The highest BCUT2D eigenvalue weighted by Gasteiger charge is 2.12. The van der Waals surface area contributed by atoms with E-state index in [1.165, 1.54) is 7.11 Å². The standard InChI is InChI=1S/C14H21NO3/c1-5-18-9-10(2)15-13-8-6-7-12(11(13)3)14(16)17-4/h6-8,10,15H,5,9H2,1-4H3. The van der Waals surface area contributed by atoms with Gasteiger partial charge in [-0.15, -0.1) is 0 Å². The van der Waals surface area contributed by atoms with Crippen molar-refractivity contribution in [3.8, 4) is 0 Å². The molecule has 0 saturated heterocycles. The summed E-state index contributed by atoms with van der Waals surface area (Å²) in [5.74, 6) is -0.311. The van der Waals surface area contributed by atoms with E-state index in [4.69, 9.17) is 9.47 Å². The summed E-state index contributed by atoms with van der Waals surface area (Å²) in [5.41, 5.74) is 2.42. The first-order chi connectivity index (χ1) is 8.60. The first kappa shape index (κ1) is 14.5. The third kappa shape index (κ3) is 3.74. The SMILES string of the molecule is CCOCC(C)Nc1cccc(C(=O)OC)c1C. The van der Waals surface area contributed by atoms with Crippen molar-refractivity contribution < 1.29 is 14.3 Å². The van der Waals surface area contributed by atoms with E-state index >= 15 is 0 Å². The summed E-state index contributed by atoms with van der Waals surface area (Å²) in [5, 5.41) is 3.33. The zero-order valence-electron chi connectivity index (χ0n) is 11.4. The molecule has 1 rings (SSSR count). The van der Waals surface area contributed by atoms with Crippen LogP contribution in [0, 0.1) is 6.92 Å². The smallest absolute Gasteiger partial charge is 0.338 e. The van der Waals surface area contributed by atoms with Crippen molar-refractivity contribution in [3.63, 3.8) is 0 Å². The number of carbonyl (C=O) groups excluding carboxylic acids is 1. The van der Waals surface area contributed by atoms with E-state index in [1.54, 1.807) is 6.07 Å². The van der Waals surface area contributed by atoms with Gasteiger partial charge < -0.3 is 14.8 Å². The Morgan fingerprint density at radius 1 is 1.44 bits per heavy atom. The summed E-state index contributed by atoms with van der Waals surface area (Å²) in [4.78, 5) is 11.6. The molecule has 1 unspecified atom stereocenters. The van der Waals surface area contributed by atoms with Crippen LogP contribution in [0.25, 0.3) is 0 Å². The first-order valence-corrected chi connectivity index (χ1v) is 6.12. The van der Waals surface area contributed by atoms with Crippen LogP contribution < -0.4 is 5.32 Å². The van der Waals surface area contributed by atoms with Crippen LogP contribution in [0.2, 0.25) is 0 Å². The molecular formula is C14H21NO3. The van der Waals surface area contributed by atoms with E-state index in [0.717, 1.165) is 11.3 Å². The Bertz CT molecular complexity index is 404. The van der Waals surface area contributed by atoms with Crippen LogP contribution in [-0.4, -0.2) is 32.3 Å². The number of hydrogen-bond donors (Lipinski definition) is 1. The molecule has 0 amide bonds. The van der Waals surface area contributed by atoms with Crippen molar-refractivity contribution in [2.75, 3.05) is 25.6 Å². The van der Waals surface area contributed by atoms with Crippen LogP contribution in [0.1, 0.15) is 29.8 Å². The van der Waals surface area contributed by atoms with Crippen molar-refractivity contribution in [1.29, 1.82) is 0 Å². The third-order valence-corrected chi connectivity index (χ3v) is 2.71. The van der Waals surface area contributed by atoms with Crippen LogP contribution in [0.5, 0.6) is 0 Å². The number of carbonyl (C=O) groups is 1. The maximum Gasteiger partial charge on any atom is 0.338 e. The molecule has 0 fully saturated rings. The van der Waals surface area contributed by atoms with Crippen molar-refractivity contribution in [3.05, 3.63) is 29.3 Å². The molecule has 0 aromatic heterocycles. The lowest BCUT2D eigenvalue weighted by Gasteiger charge is -2.18. The van der Waals surface area contributed by atoms with Crippen LogP contribution in [0.15, 0.2) is 18.2 Å². The Kier molecular flexibility index (Phi) is 5.65. The largest absolute Gasteiger partial charge is 0.465 e. The second-order valence-corrected chi connectivity index (χ2v) is 4.17. The Hall–Kier alpha value is -1.55. The molecule has 0 aliphatic carbocycles. The van der Waals surface area contributed by atoms with Gasteiger partial charge >= 0.3 is 5.97 Å². The van der Waals surface area contributed by atoms with Crippen molar-refractivity contribution in [2.24, 2.45) is 0 Å². The summed E-state index contributed by atoms with van der Waals surface area (Å²) in [6.45, 7) is 7.25. The molecule has 1 aromatic rings. The minimum absolute atomic E-state index is 0.191. The van der Waals surface area contributed by atoms with Crippen molar-refractivity contribution in [1.82, 2.24) is 0 Å². The molecule has 0 aliphatic heterocycles. The Morgan fingerprint density at radius 3 is 2.78 bits per heavy atom. The van der Waals surface area contributed by atoms with Gasteiger partial charge in [-0.1, -0.05) is 6.07 Å². The van der Waals surface area contributed by atoms with Crippen LogP contribution in [0.3, 0.4) is 0 Å². The van der Waals surface area contributed by atoms with Gasteiger partial charge in [-0.3, -0.25) is 0 Å². The number of benzene rings is 1. The lowest BCUT2D eigenvalue weighted by atomic mass is 10.1. The van der Waals surface area contributed by atoms with E-state index in [-0.39, 0.29) is 12.0 Å². The van der Waals surface area contributed by atoms with Gasteiger partial charge in [-0.2, -0.15) is 0 Å². The quantitative estimate of drug-likeness (QED) is 0.789. The lowest BCUT2D eigenvalue weighted by molar-refractivity contribution is 0.0600. The fraction of sp³-hybridized carbons (Fsp3) is 0.500. The fourth-order valence-corrected chi connectivity index (χ4v) is 1.72. The van der Waals surface area contributed by atoms with Gasteiger partial charge in [0.05, 0.1) is 19.3 Å². The summed E-state index contributed by atoms with van der Waals surface area (Å²) >= 11 is 0. The normalized spacial score (nSPS) is 12.0. The number of methoxy groups -OCH3 is 1. The fourth-order valence-electron chi connectivity index (χ4n) is 1.72. The molecule has 0 aliphatic rings. The maximum atomic E-state index is 11.6. The highest BCUT2D eigenvalue weighted by atomic mass is 16.5. The summed E-state index contributed by atoms with van der Waals surface area (Å²) in [7, 11) is 1.39. The number of anilines is 1. The van der Waals surface area contributed by atoms with Crippen molar-refractivity contribution in [2.45, 2.75) is 26.8 Å². The number of esters is 1. The third-order valence-electron chi connectivity index (χ3n) is 2.71. The predicted octanol–water partition coefficient (Wildman–Crippen LogP) is 2.62. The molecule has 1 atom stereocenters. The van der Waals surface area contributed by atoms with E-state index in [1.807, 2.05) is 32.9 Å². The number of nitrogens with one attached hydrogen (secondary N) is 1. The first-order valence-electron chi connectivity index (χ1n) is 6.12. The zero-order valence-corrected chi connectivity index (χ0v) is 11.4. The highest BCUT2D eigenvalue weighted by molar-refractivity contribution is 5.92. The van der Waals surface area contributed by atoms with Crippen LogP contribution in [-0.2, 0) is 9.47 Å². The summed E-state index contributed by atoms with van der Waals surface area (Å²) in [6, 6.07) is 5.75. The van der Waals surface area contributed by atoms with Gasteiger partial charge in [0.1, 0.15) is 0 Å². The topological polar surface area (TPSA) is 47.6 Å². The van der Waals surface area contributed by atoms with Gasteiger partial charge in [0.15, 0.2) is 0 Å². The average Bonchev–Trinajstić information content (AvgIpc) is 2.38. The van der Waals surface area contributed by atoms with E-state index in [0.29, 0.717) is 18.8 Å². The van der Waals surface area contributed by atoms with Gasteiger partial charge in [-0.25, -0.2) is 4.79 Å². The molecule has 1 N–H and O–H groups in total. The van der Waals surface area contributed by atoms with Crippen LogP contribution >= 0.6 is 0 Å². The molecule has 100 valence electrons. The second-order valence-electron chi connectivity index (χ2n) is 4.17.